The standard InChI is InChI=1S/C53H58ClF2N11O3/c1-33(68)65-25-21-49-46(32-65)52(66-22-3-4-35-26-44(37-30-58-63(2)31-37)45(51(55)56)28-50(35)66)62-67(49)41-19-23-64(24-20-41)40-13-6-34(7-14-40)5-9-39-12-18-48(61-60-39)53(69)59-38-10-16-42(17-11-38)70-43-15-8-36(29-57)47(54)27-43/h8,12,15,18,26-28,30-31,34,38,40-42,51H,3-4,6-7,10-11,13-14,16-17,19-25,32H2,1-2H3,(H,59,69). The van der Waals surface area contributed by atoms with Crippen LogP contribution >= 0.6 is 11.6 Å². The molecule has 0 spiro atoms. The van der Waals surface area contributed by atoms with Crippen LogP contribution in [0.2, 0.25) is 5.02 Å². The van der Waals surface area contributed by atoms with Crippen LogP contribution in [-0.2, 0) is 31.2 Å². The number of nitriles is 1. The number of likely N-dealkylation sites (tertiary alicyclic amines) is 1. The average molecular weight is 971 g/mol. The minimum atomic E-state index is -2.66. The van der Waals surface area contributed by atoms with E-state index in [4.69, 9.17) is 26.7 Å². The Hall–Kier alpha value is -6.36. The average Bonchev–Trinajstić information content (AvgIpc) is 3.99. The summed E-state index contributed by atoms with van der Waals surface area (Å²) < 4.78 is 39.5. The zero-order chi connectivity index (χ0) is 48.5. The third-order valence-electron chi connectivity index (χ3n) is 15.1. The fourth-order valence-electron chi connectivity index (χ4n) is 11.3. The molecule has 6 heterocycles. The molecule has 1 saturated heterocycles. The molecule has 3 aliphatic heterocycles. The first kappa shape index (κ1) is 47.3. The topological polar surface area (TPSA) is 150 Å². The van der Waals surface area contributed by atoms with Gasteiger partial charge in [-0.15, -0.1) is 10.2 Å². The number of rotatable bonds is 9. The van der Waals surface area contributed by atoms with Gasteiger partial charge in [-0.1, -0.05) is 17.5 Å². The van der Waals surface area contributed by atoms with Crippen LogP contribution in [0.4, 0.5) is 20.3 Å². The molecule has 5 aromatic rings. The summed E-state index contributed by atoms with van der Waals surface area (Å²) in [6, 6.07) is 14.9. The number of aryl methyl sites for hydroxylation is 2. The van der Waals surface area contributed by atoms with Crippen molar-refractivity contribution < 1.29 is 23.1 Å². The molecule has 364 valence electrons. The summed E-state index contributed by atoms with van der Waals surface area (Å²) in [5.74, 6) is 8.13. The molecule has 0 bridgehead atoms. The maximum absolute atomic E-state index is 14.8. The van der Waals surface area contributed by atoms with E-state index in [2.05, 4.69) is 53.0 Å². The number of halogens is 3. The number of piperidine rings is 1. The summed E-state index contributed by atoms with van der Waals surface area (Å²) in [7, 11) is 1.79. The van der Waals surface area contributed by atoms with Crippen molar-refractivity contribution >= 4 is 34.9 Å². The molecule has 1 N–H and O–H groups in total. The largest absolute Gasteiger partial charge is 0.490 e. The fraction of sp³-hybridized carbons (Fsp3) is 0.491. The molecule has 3 aromatic heterocycles. The Bertz CT molecular complexity index is 2840. The summed E-state index contributed by atoms with van der Waals surface area (Å²) in [6.07, 6.45) is 12.3. The number of carbonyl (C=O) groups excluding carboxylic acids is 2. The molecule has 70 heavy (non-hydrogen) atoms. The van der Waals surface area contributed by atoms with Crippen LogP contribution in [0.1, 0.15) is 134 Å². The van der Waals surface area contributed by atoms with Crippen molar-refractivity contribution in [2.24, 2.45) is 13.0 Å². The highest BCUT2D eigenvalue weighted by Gasteiger charge is 2.36. The Morgan fingerprint density at radius 3 is 2.40 bits per heavy atom. The predicted octanol–water partition coefficient (Wildman–Crippen LogP) is 8.89. The molecule has 5 aliphatic rings. The highest BCUT2D eigenvalue weighted by Crippen LogP contribution is 2.44. The van der Waals surface area contributed by atoms with Gasteiger partial charge in [0.05, 0.1) is 35.5 Å². The normalized spacial score (nSPS) is 21.8. The van der Waals surface area contributed by atoms with Gasteiger partial charge in [0.15, 0.2) is 11.5 Å². The monoisotopic (exact) mass is 969 g/mol. The number of alkyl halides is 2. The first-order valence-corrected chi connectivity index (χ1v) is 25.2. The van der Waals surface area contributed by atoms with Gasteiger partial charge >= 0.3 is 0 Å². The Labute approximate surface area is 412 Å². The lowest BCUT2D eigenvalue weighted by Crippen LogP contribution is -2.44. The van der Waals surface area contributed by atoms with Crippen molar-refractivity contribution in [3.8, 4) is 34.8 Å². The maximum Gasteiger partial charge on any atom is 0.272 e. The van der Waals surface area contributed by atoms with Crippen molar-refractivity contribution in [1.82, 2.24) is 44.9 Å². The molecular formula is C53H58ClF2N11O3. The Morgan fingerprint density at radius 1 is 0.914 bits per heavy atom. The van der Waals surface area contributed by atoms with Crippen LogP contribution in [0.25, 0.3) is 11.1 Å². The third-order valence-corrected chi connectivity index (χ3v) is 15.4. The van der Waals surface area contributed by atoms with Gasteiger partial charge in [-0.3, -0.25) is 19.0 Å². The number of nitrogens with one attached hydrogen (secondary N) is 1. The molecule has 2 amide bonds. The number of fused-ring (bicyclic) bond motifs is 2. The van der Waals surface area contributed by atoms with E-state index in [-0.39, 0.29) is 47.2 Å². The van der Waals surface area contributed by atoms with Crippen molar-refractivity contribution in [2.45, 2.75) is 128 Å². The van der Waals surface area contributed by atoms with Crippen LogP contribution in [0.3, 0.4) is 0 Å². The lowest BCUT2D eigenvalue weighted by atomic mass is 9.84. The van der Waals surface area contributed by atoms with E-state index >= 15 is 0 Å². The van der Waals surface area contributed by atoms with Crippen molar-refractivity contribution in [1.29, 1.82) is 5.26 Å². The zero-order valence-corrected chi connectivity index (χ0v) is 40.5. The Kier molecular flexibility index (Phi) is 13.9. The summed E-state index contributed by atoms with van der Waals surface area (Å²) in [5.41, 5.74) is 6.39. The van der Waals surface area contributed by atoms with E-state index in [9.17, 15) is 18.4 Å². The summed E-state index contributed by atoms with van der Waals surface area (Å²) >= 11 is 6.17. The van der Waals surface area contributed by atoms with E-state index in [1.165, 1.54) is 0 Å². The number of carbonyl (C=O) groups is 2. The minimum absolute atomic E-state index is 0.0111. The second-order valence-corrected chi connectivity index (χ2v) is 20.0. The molecule has 3 fully saturated rings. The molecule has 2 aliphatic carbocycles. The summed E-state index contributed by atoms with van der Waals surface area (Å²) in [6.45, 7) is 5.30. The second-order valence-electron chi connectivity index (χ2n) is 19.6. The minimum Gasteiger partial charge on any atom is -0.490 e. The number of hydrogen-bond acceptors (Lipinski definition) is 10. The van der Waals surface area contributed by atoms with Gasteiger partial charge in [-0.2, -0.15) is 15.5 Å². The fourth-order valence-corrected chi connectivity index (χ4v) is 11.5. The molecular weight excluding hydrogens is 912 g/mol. The van der Waals surface area contributed by atoms with Gasteiger partial charge in [-0.05, 0) is 130 Å². The van der Waals surface area contributed by atoms with E-state index < -0.39 is 6.43 Å². The number of hydrogen-bond donors (Lipinski definition) is 1. The first-order valence-electron chi connectivity index (χ1n) is 24.8. The second kappa shape index (κ2) is 20.5. The van der Waals surface area contributed by atoms with E-state index in [0.29, 0.717) is 65.3 Å². The van der Waals surface area contributed by atoms with Gasteiger partial charge < -0.3 is 24.8 Å². The highest BCUT2D eigenvalue weighted by atomic mass is 35.5. The Morgan fingerprint density at radius 2 is 1.71 bits per heavy atom. The SMILES string of the molecule is CC(=O)N1CCc2c(c(N3CCCc4cc(-c5cnn(C)c5)c(C(F)F)cc43)nn2C2CCN(C3CCC(C#Cc4ccc(C(=O)NC5CCC(Oc6ccc(C#N)c(Cl)c6)CC5)nn4)CC3)CC2)C1. The smallest absolute Gasteiger partial charge is 0.272 e. The summed E-state index contributed by atoms with van der Waals surface area (Å²) in [4.78, 5) is 32.4. The lowest BCUT2D eigenvalue weighted by Gasteiger charge is -2.40. The quantitative estimate of drug-likeness (QED) is 0.142. The molecule has 0 unspecified atom stereocenters. The number of aromatic nitrogens is 6. The first-order chi connectivity index (χ1) is 34.0. The highest BCUT2D eigenvalue weighted by molar-refractivity contribution is 6.31. The van der Waals surface area contributed by atoms with Crippen LogP contribution in [0.15, 0.2) is 54.9 Å². The molecule has 10 rings (SSSR count). The number of nitrogens with zero attached hydrogens (tertiary/aromatic N) is 10. The van der Waals surface area contributed by atoms with Crippen LogP contribution < -0.4 is 15.0 Å². The number of benzene rings is 2. The van der Waals surface area contributed by atoms with Gasteiger partial charge in [0.2, 0.25) is 5.91 Å². The number of ether oxygens (including phenoxy) is 1. The van der Waals surface area contributed by atoms with Gasteiger partial charge in [0.25, 0.3) is 12.3 Å². The van der Waals surface area contributed by atoms with Gasteiger partial charge in [0.1, 0.15) is 17.5 Å². The van der Waals surface area contributed by atoms with Crippen molar-refractivity contribution in [3.05, 3.63) is 99.2 Å². The van der Waals surface area contributed by atoms with E-state index in [1.807, 2.05) is 11.0 Å². The predicted molar refractivity (Wildman–Crippen MR) is 261 cm³/mol. The number of amides is 2. The molecule has 0 atom stereocenters. The van der Waals surface area contributed by atoms with Crippen LogP contribution in [0.5, 0.6) is 5.75 Å². The van der Waals surface area contributed by atoms with E-state index in [0.717, 1.165) is 118 Å². The Balaban J connectivity index is 0.727. The third kappa shape index (κ3) is 10.1. The molecule has 17 heteroatoms. The van der Waals surface area contributed by atoms with E-state index in [1.54, 1.807) is 67.4 Å². The maximum atomic E-state index is 14.8. The zero-order valence-electron chi connectivity index (χ0n) is 39.7. The van der Waals surface area contributed by atoms with Crippen LogP contribution in [-0.4, -0.2) is 95.7 Å². The molecule has 14 nitrogen and oxygen atoms in total. The number of anilines is 2. The van der Waals surface area contributed by atoms with Gasteiger partial charge in [0, 0.05) is 105 Å². The van der Waals surface area contributed by atoms with Crippen molar-refractivity contribution in [3.63, 3.8) is 0 Å². The lowest BCUT2D eigenvalue weighted by molar-refractivity contribution is -0.129. The summed E-state index contributed by atoms with van der Waals surface area (Å²) in [5, 5.41) is 30.7. The molecule has 0 radical (unpaired) electrons. The molecule has 2 aromatic carbocycles. The molecule has 2 saturated carbocycles. The van der Waals surface area contributed by atoms with Gasteiger partial charge in [-0.25, -0.2) is 8.78 Å². The van der Waals surface area contributed by atoms with Crippen LogP contribution in [0, 0.1) is 29.1 Å². The van der Waals surface area contributed by atoms with Crippen molar-refractivity contribution in [2.75, 3.05) is 31.1 Å².